The minimum absolute atomic E-state index is 0.0278. The number of rotatable bonds is 15. The van der Waals surface area contributed by atoms with Crippen LogP contribution in [0.4, 0.5) is 18.9 Å². The average Bonchev–Trinajstić information content (AvgIpc) is 3.94. The second-order valence-corrected chi connectivity index (χ2v) is 11.2. The maximum atomic E-state index is 13.2. The summed E-state index contributed by atoms with van der Waals surface area (Å²) in [6, 6.07) is 5.25. The Morgan fingerprint density at radius 1 is 1.19 bits per heavy atom. The number of methoxy groups -OCH3 is 1. The Balaban J connectivity index is 0.00000340. The van der Waals surface area contributed by atoms with Gasteiger partial charge in [-0.2, -0.15) is 13.2 Å². The summed E-state index contributed by atoms with van der Waals surface area (Å²) in [6.45, 7) is 10.9. The van der Waals surface area contributed by atoms with E-state index < -0.39 is 11.9 Å². The maximum absolute atomic E-state index is 13.2. The number of nitrogens with one attached hydrogen (secondary N) is 3. The highest BCUT2D eigenvalue weighted by Crippen LogP contribution is 2.35. The summed E-state index contributed by atoms with van der Waals surface area (Å²) >= 11 is 0. The minimum Gasteiger partial charge on any atom is -0.494 e. The van der Waals surface area contributed by atoms with Crippen LogP contribution < -0.4 is 37.9 Å². The Labute approximate surface area is 304 Å². The number of anilines is 1. The van der Waals surface area contributed by atoms with E-state index in [1.165, 1.54) is 57.8 Å². The van der Waals surface area contributed by atoms with E-state index in [9.17, 15) is 22.8 Å². The quantitative estimate of drug-likeness (QED) is 0.0649. The van der Waals surface area contributed by atoms with Crippen LogP contribution in [0.3, 0.4) is 0 Å². The molecule has 0 saturated heterocycles. The van der Waals surface area contributed by atoms with Gasteiger partial charge in [0.05, 0.1) is 24.2 Å². The maximum Gasteiger partial charge on any atom is 0.431 e. The topological polar surface area (TPSA) is 203 Å². The number of halogens is 3. The van der Waals surface area contributed by atoms with Gasteiger partial charge >= 0.3 is 6.18 Å². The van der Waals surface area contributed by atoms with Crippen molar-refractivity contribution in [3.8, 4) is 5.75 Å². The predicted octanol–water partition coefficient (Wildman–Crippen LogP) is 4.51. The summed E-state index contributed by atoms with van der Waals surface area (Å²) in [5, 5.41) is 8.09. The van der Waals surface area contributed by atoms with Gasteiger partial charge in [0.2, 0.25) is 12.3 Å². The van der Waals surface area contributed by atoms with E-state index in [4.69, 9.17) is 26.7 Å². The lowest BCUT2D eigenvalue weighted by molar-refractivity contribution is -0.121. The molecule has 0 bridgehead atoms. The predicted molar refractivity (Wildman–Crippen MR) is 203 cm³/mol. The van der Waals surface area contributed by atoms with Crippen molar-refractivity contribution in [2.24, 2.45) is 33.1 Å². The highest BCUT2D eigenvalue weighted by molar-refractivity contribution is 6.04. The molecule has 1 saturated carbocycles. The Morgan fingerprint density at radius 3 is 2.23 bits per heavy atom. The number of allylic oxidation sites excluding steroid dienone is 6. The Morgan fingerprint density at radius 2 is 1.79 bits per heavy atom. The first-order valence-corrected chi connectivity index (χ1v) is 16.1. The number of benzene rings is 1. The fourth-order valence-corrected chi connectivity index (χ4v) is 4.01. The van der Waals surface area contributed by atoms with Crippen LogP contribution in [0.15, 0.2) is 87.3 Å². The summed E-state index contributed by atoms with van der Waals surface area (Å²) in [4.78, 5) is 42.2. The van der Waals surface area contributed by atoms with Crippen molar-refractivity contribution in [3.63, 3.8) is 0 Å². The first kappa shape index (κ1) is 46.2. The number of amides is 2. The second-order valence-electron chi connectivity index (χ2n) is 11.2. The van der Waals surface area contributed by atoms with Crippen LogP contribution in [0, 0.1) is 5.92 Å². The number of nitrogens with zero attached hydrogens (tertiary/aromatic N) is 3. The number of ether oxygens (including phenoxy) is 1. The Bertz CT molecular complexity index is 1610. The van der Waals surface area contributed by atoms with Gasteiger partial charge in [0.15, 0.2) is 5.94 Å². The lowest BCUT2D eigenvalue weighted by Crippen LogP contribution is -2.30. The van der Waals surface area contributed by atoms with E-state index in [1.54, 1.807) is 38.1 Å². The molecule has 16 heteroatoms. The van der Waals surface area contributed by atoms with Gasteiger partial charge in [0.25, 0.3) is 0 Å². The molecule has 0 aromatic heterocycles. The molecule has 1 aliphatic rings. The zero-order valence-corrected chi connectivity index (χ0v) is 31.1. The second kappa shape index (κ2) is 23.6. The van der Waals surface area contributed by atoms with Gasteiger partial charge in [0.1, 0.15) is 23.0 Å². The van der Waals surface area contributed by atoms with Crippen LogP contribution in [0.25, 0.3) is 5.57 Å². The Kier molecular flexibility index (Phi) is 21.0. The van der Waals surface area contributed by atoms with Crippen molar-refractivity contribution < 1.29 is 32.3 Å². The van der Waals surface area contributed by atoms with E-state index in [0.29, 0.717) is 40.4 Å². The first-order valence-electron chi connectivity index (χ1n) is 16.1. The largest absolute Gasteiger partial charge is 0.494 e. The van der Waals surface area contributed by atoms with E-state index >= 15 is 0 Å². The van der Waals surface area contributed by atoms with Crippen molar-refractivity contribution in [1.29, 1.82) is 0 Å². The third-order valence-corrected chi connectivity index (χ3v) is 6.64. The molecule has 1 fully saturated rings. The molecule has 13 nitrogen and oxygen atoms in total. The number of nitrogens with two attached hydrogens (primary N) is 3. The summed E-state index contributed by atoms with van der Waals surface area (Å²) in [5.74, 6) is 2.07. The smallest absolute Gasteiger partial charge is 0.431 e. The lowest BCUT2D eigenvalue weighted by atomic mass is 10.0. The van der Waals surface area contributed by atoms with Gasteiger partial charge in [-0.25, -0.2) is 4.79 Å². The van der Waals surface area contributed by atoms with Gasteiger partial charge < -0.3 is 42.8 Å². The third-order valence-electron chi connectivity index (χ3n) is 6.64. The third kappa shape index (κ3) is 15.9. The molecule has 2 rings (SSSR count). The number of hydrogen-bond acceptors (Lipinski definition) is 11. The van der Waals surface area contributed by atoms with Gasteiger partial charge in [-0.15, -0.1) is 0 Å². The number of hydrogen-bond donors (Lipinski definition) is 6. The highest BCUT2D eigenvalue weighted by atomic mass is 19.4. The van der Waals surface area contributed by atoms with Crippen molar-refractivity contribution in [2.75, 3.05) is 40.1 Å². The molecular weight excluding hydrogens is 679 g/mol. The van der Waals surface area contributed by atoms with Crippen LogP contribution >= 0.6 is 0 Å². The van der Waals surface area contributed by atoms with Crippen molar-refractivity contribution >= 4 is 41.4 Å². The fraction of sp³-hybridized carbons (Fsp3) is 0.389. The molecular formula is C36H52F3N9O4. The number of para-hydroxylation sites is 1. The van der Waals surface area contributed by atoms with Crippen LogP contribution in [0.1, 0.15) is 52.5 Å². The zero-order valence-electron chi connectivity index (χ0n) is 31.1. The van der Waals surface area contributed by atoms with E-state index in [2.05, 4.69) is 46.4 Å². The molecule has 9 N–H and O–H groups in total. The van der Waals surface area contributed by atoms with E-state index in [-0.39, 0.29) is 41.2 Å². The van der Waals surface area contributed by atoms with Gasteiger partial charge in [-0.3, -0.25) is 19.6 Å². The number of carbonyl (C=O) groups is 2. The molecule has 2 amide bonds. The number of aliphatic imine (C=N–C) groups is 2. The molecule has 0 radical (unpaired) electrons. The first-order chi connectivity index (χ1) is 24.5. The number of carbonyl (C=O) groups excluding carboxylic acids is 3. The normalized spacial score (nSPS) is 14.2. The standard InChI is InChI=1S/C31H39F3N8O3.C3H8.C2H5NO/c1-7-20(15-39-19(3)26(17-43)42(5)16-22(14-38-4)29(37)31(32,33)34)23-9-8-10-24(28(23)45-6)40-25(18(2)35)13-27(36)41-30(44)21-11-12-21;1-3-2;1-3-2-4/h7-10,13-15,21,40H,1,11-12,16,35-37H2,2-6H3,(H,41,44);3H2,1-2H3;2H,1H3,(H,3,4)/b20-15+,25-18+,27-13+,29-22+,38-14?,39-19?;;. The molecule has 286 valence electrons. The lowest BCUT2D eigenvalue weighted by Gasteiger charge is -2.21. The van der Waals surface area contributed by atoms with Crippen LogP contribution in [0.2, 0.25) is 0 Å². The van der Waals surface area contributed by atoms with Crippen molar-refractivity contribution in [1.82, 2.24) is 15.5 Å². The van der Waals surface area contributed by atoms with Crippen molar-refractivity contribution in [2.45, 2.75) is 53.1 Å². The van der Waals surface area contributed by atoms with Crippen LogP contribution in [-0.2, 0) is 14.4 Å². The fourth-order valence-electron chi connectivity index (χ4n) is 4.01. The summed E-state index contributed by atoms with van der Waals surface area (Å²) in [5.41, 5.74) is 18.2. The Hall–Kier alpha value is -5.76. The monoisotopic (exact) mass is 731 g/mol. The molecule has 1 aromatic rings. The van der Waals surface area contributed by atoms with Crippen molar-refractivity contribution in [3.05, 3.63) is 82.9 Å². The van der Waals surface area contributed by atoms with E-state index in [0.717, 1.165) is 19.1 Å². The molecule has 0 heterocycles. The summed E-state index contributed by atoms with van der Waals surface area (Å²) in [6.07, 6.45) is 4.21. The highest BCUT2D eigenvalue weighted by Gasteiger charge is 2.34. The average molecular weight is 732 g/mol. The van der Waals surface area contributed by atoms with E-state index in [1.807, 2.05) is 0 Å². The molecule has 52 heavy (non-hydrogen) atoms. The molecule has 0 unspecified atom stereocenters. The SMILES string of the molecule is C=C/C(=C\N=C(C)C(=C=O)N(C)C/C(C=NC)=C(/N)C(F)(F)F)c1cccc(NC(/C=C(\N)NC(=O)C2CC2)=C(\C)N)c1OC.CCC.CNC=O. The summed E-state index contributed by atoms with van der Waals surface area (Å²) in [7, 11) is 5.75. The molecule has 0 aliphatic heterocycles. The minimum atomic E-state index is -4.77. The van der Waals surface area contributed by atoms with Gasteiger partial charge in [-0.1, -0.05) is 45.1 Å². The molecule has 1 aromatic carbocycles. The molecule has 1 aliphatic carbocycles. The number of alkyl halides is 3. The zero-order chi connectivity index (χ0) is 40.0. The van der Waals surface area contributed by atoms with Gasteiger partial charge in [-0.05, 0) is 32.8 Å². The molecule has 0 atom stereocenters. The molecule has 0 spiro atoms. The van der Waals surface area contributed by atoms with Crippen LogP contribution in [-0.4, -0.2) is 76.1 Å². The van der Waals surface area contributed by atoms with Crippen LogP contribution in [0.5, 0.6) is 5.75 Å². The van der Waals surface area contributed by atoms with Gasteiger partial charge in [0, 0.05) is 74.5 Å². The summed E-state index contributed by atoms with van der Waals surface area (Å²) < 4.78 is 45.4. The number of likely N-dealkylation sites (N-methyl/N-ethyl adjacent to an activating group) is 1.